The number of thiophene rings is 1. The van der Waals surface area contributed by atoms with Crippen LogP contribution in [0, 0.1) is 0 Å². The summed E-state index contributed by atoms with van der Waals surface area (Å²) < 4.78 is 1.31. The molecule has 1 heterocycles. The lowest BCUT2D eigenvalue weighted by atomic mass is 10.1. The number of carbonyl (C=O) groups is 1. The van der Waals surface area contributed by atoms with E-state index in [-0.39, 0.29) is 12.0 Å². The number of rotatable bonds is 8. The van der Waals surface area contributed by atoms with Crippen LogP contribution in [-0.4, -0.2) is 23.7 Å². The Morgan fingerprint density at radius 1 is 1.38 bits per heavy atom. The van der Waals surface area contributed by atoms with Crippen LogP contribution in [0.3, 0.4) is 0 Å². The lowest BCUT2D eigenvalue weighted by molar-refractivity contribution is -0.121. The van der Waals surface area contributed by atoms with Gasteiger partial charge in [0.2, 0.25) is 5.91 Å². The SMILES string of the molecule is CCC(O)CCNC(=O)CCCc1csc2ccccc12. The van der Waals surface area contributed by atoms with E-state index in [1.807, 2.05) is 6.92 Å². The Morgan fingerprint density at radius 3 is 3.00 bits per heavy atom. The van der Waals surface area contributed by atoms with Gasteiger partial charge in [-0.15, -0.1) is 11.3 Å². The number of benzene rings is 1. The van der Waals surface area contributed by atoms with E-state index in [1.165, 1.54) is 15.6 Å². The Bertz CT molecular complexity index is 579. The second-order valence-corrected chi connectivity index (χ2v) is 6.22. The molecular formula is C17H23NO2S. The van der Waals surface area contributed by atoms with Crippen LogP contribution >= 0.6 is 11.3 Å². The standard InChI is InChI=1S/C17H23NO2S/c1-2-14(19)10-11-18-17(20)9-5-6-13-12-21-16-8-4-3-7-15(13)16/h3-4,7-8,12,14,19H,2,5-6,9-11H2,1H3,(H,18,20). The van der Waals surface area contributed by atoms with Crippen molar-refractivity contribution in [1.82, 2.24) is 5.32 Å². The summed E-state index contributed by atoms with van der Waals surface area (Å²) in [6, 6.07) is 8.40. The van der Waals surface area contributed by atoms with Gasteiger partial charge in [0.25, 0.3) is 0 Å². The highest BCUT2D eigenvalue weighted by Gasteiger charge is 2.06. The predicted molar refractivity (Wildman–Crippen MR) is 88.7 cm³/mol. The Kier molecular flexibility index (Phi) is 6.21. The zero-order valence-electron chi connectivity index (χ0n) is 12.5. The second-order valence-electron chi connectivity index (χ2n) is 5.31. The van der Waals surface area contributed by atoms with Crippen molar-refractivity contribution < 1.29 is 9.90 Å². The molecule has 0 radical (unpaired) electrons. The van der Waals surface area contributed by atoms with Crippen molar-refractivity contribution in [2.75, 3.05) is 6.54 Å². The molecule has 4 heteroatoms. The molecule has 0 aliphatic heterocycles. The summed E-state index contributed by atoms with van der Waals surface area (Å²) in [6.07, 6.45) is 3.42. The molecule has 0 spiro atoms. The number of aliphatic hydroxyl groups excluding tert-OH is 1. The molecule has 0 aliphatic carbocycles. The van der Waals surface area contributed by atoms with Crippen molar-refractivity contribution in [2.24, 2.45) is 0 Å². The van der Waals surface area contributed by atoms with E-state index in [0.29, 0.717) is 19.4 Å². The van der Waals surface area contributed by atoms with Crippen LogP contribution in [0.15, 0.2) is 29.6 Å². The summed E-state index contributed by atoms with van der Waals surface area (Å²) in [5.74, 6) is 0.0813. The number of hydrogen-bond acceptors (Lipinski definition) is 3. The highest BCUT2D eigenvalue weighted by atomic mass is 32.1. The van der Waals surface area contributed by atoms with Gasteiger partial charge in [-0.05, 0) is 48.1 Å². The van der Waals surface area contributed by atoms with Crippen molar-refractivity contribution in [3.8, 4) is 0 Å². The van der Waals surface area contributed by atoms with Crippen molar-refractivity contribution in [3.05, 3.63) is 35.2 Å². The van der Waals surface area contributed by atoms with Crippen molar-refractivity contribution in [1.29, 1.82) is 0 Å². The highest BCUT2D eigenvalue weighted by Crippen LogP contribution is 2.26. The topological polar surface area (TPSA) is 49.3 Å². The van der Waals surface area contributed by atoms with Gasteiger partial charge in [-0.25, -0.2) is 0 Å². The number of fused-ring (bicyclic) bond motifs is 1. The number of aliphatic hydroxyl groups is 1. The third-order valence-corrected chi connectivity index (χ3v) is 4.69. The van der Waals surface area contributed by atoms with Crippen LogP contribution in [0.4, 0.5) is 0 Å². The fourth-order valence-corrected chi connectivity index (χ4v) is 3.33. The molecule has 0 saturated heterocycles. The van der Waals surface area contributed by atoms with Crippen molar-refractivity contribution in [2.45, 2.75) is 45.1 Å². The van der Waals surface area contributed by atoms with E-state index in [0.717, 1.165) is 19.3 Å². The highest BCUT2D eigenvalue weighted by molar-refractivity contribution is 7.17. The first-order valence-corrected chi connectivity index (χ1v) is 8.48. The molecule has 2 N–H and O–H groups in total. The molecule has 1 aromatic heterocycles. The molecule has 2 aromatic rings. The summed E-state index contributed by atoms with van der Waals surface area (Å²) in [5.41, 5.74) is 1.34. The normalized spacial score (nSPS) is 12.5. The molecule has 1 atom stereocenters. The number of amides is 1. The fourth-order valence-electron chi connectivity index (χ4n) is 2.34. The molecule has 0 fully saturated rings. The third kappa shape index (κ3) is 4.83. The number of aryl methyl sites for hydroxylation is 1. The smallest absolute Gasteiger partial charge is 0.220 e. The third-order valence-electron chi connectivity index (χ3n) is 3.68. The molecule has 114 valence electrons. The van der Waals surface area contributed by atoms with Crippen molar-refractivity contribution >= 4 is 27.3 Å². The average Bonchev–Trinajstić information content (AvgIpc) is 2.90. The summed E-state index contributed by atoms with van der Waals surface area (Å²) >= 11 is 1.76. The zero-order chi connectivity index (χ0) is 15.1. The molecule has 1 unspecified atom stereocenters. The van der Waals surface area contributed by atoms with E-state index in [4.69, 9.17) is 0 Å². The summed E-state index contributed by atoms with van der Waals surface area (Å²) in [6.45, 7) is 2.51. The van der Waals surface area contributed by atoms with Gasteiger partial charge < -0.3 is 10.4 Å². The molecule has 1 amide bonds. The lowest BCUT2D eigenvalue weighted by Gasteiger charge is -2.08. The Morgan fingerprint density at radius 2 is 2.19 bits per heavy atom. The maximum absolute atomic E-state index is 11.7. The van der Waals surface area contributed by atoms with Gasteiger partial charge in [0.1, 0.15) is 0 Å². The molecule has 3 nitrogen and oxygen atoms in total. The van der Waals surface area contributed by atoms with Gasteiger partial charge in [-0.2, -0.15) is 0 Å². The zero-order valence-corrected chi connectivity index (χ0v) is 13.3. The molecule has 21 heavy (non-hydrogen) atoms. The minimum Gasteiger partial charge on any atom is -0.393 e. The van der Waals surface area contributed by atoms with Crippen molar-refractivity contribution in [3.63, 3.8) is 0 Å². The number of hydrogen-bond donors (Lipinski definition) is 2. The Labute approximate surface area is 130 Å². The van der Waals surface area contributed by atoms with Crippen LogP contribution in [0.2, 0.25) is 0 Å². The quantitative estimate of drug-likeness (QED) is 0.784. The largest absolute Gasteiger partial charge is 0.393 e. The summed E-state index contributed by atoms with van der Waals surface area (Å²) in [5, 5.41) is 15.8. The van der Waals surface area contributed by atoms with E-state index in [9.17, 15) is 9.90 Å². The van der Waals surface area contributed by atoms with E-state index in [1.54, 1.807) is 11.3 Å². The second kappa shape index (κ2) is 8.15. The minimum atomic E-state index is -0.303. The van der Waals surface area contributed by atoms with Gasteiger partial charge >= 0.3 is 0 Å². The molecule has 2 rings (SSSR count). The van der Waals surface area contributed by atoms with Crippen LogP contribution in [0.25, 0.3) is 10.1 Å². The fraction of sp³-hybridized carbons (Fsp3) is 0.471. The van der Waals surface area contributed by atoms with Gasteiger partial charge in [-0.1, -0.05) is 25.1 Å². The monoisotopic (exact) mass is 305 g/mol. The average molecular weight is 305 g/mol. The first kappa shape index (κ1) is 16.0. The maximum Gasteiger partial charge on any atom is 0.220 e. The van der Waals surface area contributed by atoms with Crippen LogP contribution in [0.1, 0.15) is 38.2 Å². The lowest BCUT2D eigenvalue weighted by Crippen LogP contribution is -2.26. The number of nitrogens with one attached hydrogen (secondary N) is 1. The first-order valence-electron chi connectivity index (χ1n) is 7.60. The molecule has 1 aromatic carbocycles. The van der Waals surface area contributed by atoms with E-state index >= 15 is 0 Å². The maximum atomic E-state index is 11.7. The van der Waals surface area contributed by atoms with E-state index < -0.39 is 0 Å². The molecule has 0 saturated carbocycles. The summed E-state index contributed by atoms with van der Waals surface area (Å²) in [4.78, 5) is 11.7. The van der Waals surface area contributed by atoms with Gasteiger partial charge in [0.05, 0.1) is 6.10 Å². The first-order chi connectivity index (χ1) is 10.2. The summed E-state index contributed by atoms with van der Waals surface area (Å²) in [7, 11) is 0. The molecular weight excluding hydrogens is 282 g/mol. The molecule has 0 bridgehead atoms. The van der Waals surface area contributed by atoms with Crippen LogP contribution in [0.5, 0.6) is 0 Å². The van der Waals surface area contributed by atoms with Gasteiger partial charge in [0.15, 0.2) is 0 Å². The van der Waals surface area contributed by atoms with Gasteiger partial charge in [0, 0.05) is 17.7 Å². The predicted octanol–water partition coefficient (Wildman–Crippen LogP) is 3.50. The Balaban J connectivity index is 1.70. The van der Waals surface area contributed by atoms with Crippen LogP contribution < -0.4 is 5.32 Å². The van der Waals surface area contributed by atoms with E-state index in [2.05, 4.69) is 35.0 Å². The van der Waals surface area contributed by atoms with Crippen LogP contribution in [-0.2, 0) is 11.2 Å². The number of carbonyl (C=O) groups excluding carboxylic acids is 1. The Hall–Kier alpha value is -1.39. The molecule has 0 aliphatic rings. The minimum absolute atomic E-state index is 0.0813. The van der Waals surface area contributed by atoms with Gasteiger partial charge in [-0.3, -0.25) is 4.79 Å².